The highest BCUT2D eigenvalue weighted by molar-refractivity contribution is 5.92. The van der Waals surface area contributed by atoms with Crippen molar-refractivity contribution in [2.24, 2.45) is 11.5 Å². The SMILES string of the molecule is N#C/C(N)=C(/N)c1c[nH]c2ccccc12. The van der Waals surface area contributed by atoms with Crippen molar-refractivity contribution < 1.29 is 0 Å². The number of aromatic amines is 1. The van der Waals surface area contributed by atoms with Gasteiger partial charge in [0.05, 0.1) is 5.70 Å². The molecule has 0 aliphatic rings. The molecule has 4 heteroatoms. The summed E-state index contributed by atoms with van der Waals surface area (Å²) in [6, 6.07) is 9.54. The first-order valence-corrected chi connectivity index (χ1v) is 4.46. The summed E-state index contributed by atoms with van der Waals surface area (Å²) in [4.78, 5) is 3.07. The van der Waals surface area contributed by atoms with Gasteiger partial charge in [0.2, 0.25) is 0 Å². The number of nitriles is 1. The zero-order valence-corrected chi connectivity index (χ0v) is 7.99. The van der Waals surface area contributed by atoms with E-state index in [0.717, 1.165) is 16.5 Å². The Kier molecular flexibility index (Phi) is 2.07. The van der Waals surface area contributed by atoms with Crippen LogP contribution in [-0.2, 0) is 0 Å². The topological polar surface area (TPSA) is 91.6 Å². The summed E-state index contributed by atoms with van der Waals surface area (Å²) in [5.74, 6) is 0. The molecule has 0 spiro atoms. The van der Waals surface area contributed by atoms with Crippen LogP contribution in [0.25, 0.3) is 16.6 Å². The van der Waals surface area contributed by atoms with Crippen LogP contribution in [0, 0.1) is 11.3 Å². The molecule has 5 N–H and O–H groups in total. The molecule has 1 heterocycles. The number of benzene rings is 1. The number of aromatic nitrogens is 1. The number of nitrogens with one attached hydrogen (secondary N) is 1. The lowest BCUT2D eigenvalue weighted by atomic mass is 10.1. The molecule has 2 rings (SSSR count). The van der Waals surface area contributed by atoms with Gasteiger partial charge in [-0.25, -0.2) is 0 Å². The average Bonchev–Trinajstić information content (AvgIpc) is 2.70. The minimum Gasteiger partial charge on any atom is -0.396 e. The van der Waals surface area contributed by atoms with Crippen molar-refractivity contribution in [2.45, 2.75) is 0 Å². The molecular formula is C11H10N4. The number of hydrogen-bond acceptors (Lipinski definition) is 3. The van der Waals surface area contributed by atoms with E-state index in [-0.39, 0.29) is 5.70 Å². The van der Waals surface area contributed by atoms with Crippen LogP contribution < -0.4 is 11.5 Å². The highest BCUT2D eigenvalue weighted by Gasteiger charge is 2.07. The van der Waals surface area contributed by atoms with Crippen LogP contribution in [0.5, 0.6) is 0 Å². The number of H-pyrrole nitrogens is 1. The van der Waals surface area contributed by atoms with E-state index < -0.39 is 0 Å². The van der Waals surface area contributed by atoms with E-state index in [0.29, 0.717) is 5.70 Å². The molecule has 1 aromatic carbocycles. The van der Waals surface area contributed by atoms with Gasteiger partial charge in [0.1, 0.15) is 11.8 Å². The third-order valence-electron chi connectivity index (χ3n) is 2.29. The third-order valence-corrected chi connectivity index (χ3v) is 2.29. The second-order valence-electron chi connectivity index (χ2n) is 3.19. The highest BCUT2D eigenvalue weighted by atomic mass is 14.7. The van der Waals surface area contributed by atoms with Gasteiger partial charge in [-0.05, 0) is 6.07 Å². The van der Waals surface area contributed by atoms with Crippen molar-refractivity contribution in [3.05, 3.63) is 41.7 Å². The molecular weight excluding hydrogens is 188 g/mol. The van der Waals surface area contributed by atoms with Gasteiger partial charge in [0, 0.05) is 22.7 Å². The third kappa shape index (κ3) is 1.40. The summed E-state index contributed by atoms with van der Waals surface area (Å²) in [7, 11) is 0. The molecule has 0 unspecified atom stereocenters. The maximum atomic E-state index is 8.65. The maximum Gasteiger partial charge on any atom is 0.134 e. The summed E-state index contributed by atoms with van der Waals surface area (Å²) in [6.45, 7) is 0. The smallest absolute Gasteiger partial charge is 0.134 e. The summed E-state index contributed by atoms with van der Waals surface area (Å²) in [6.07, 6.45) is 1.75. The molecule has 0 aliphatic heterocycles. The molecule has 0 amide bonds. The molecule has 15 heavy (non-hydrogen) atoms. The second kappa shape index (κ2) is 3.39. The number of hydrogen-bond donors (Lipinski definition) is 3. The fourth-order valence-corrected chi connectivity index (χ4v) is 1.50. The van der Waals surface area contributed by atoms with Gasteiger partial charge in [-0.2, -0.15) is 5.26 Å². The predicted molar refractivity (Wildman–Crippen MR) is 59.2 cm³/mol. The number of allylic oxidation sites excluding steroid dienone is 1. The first-order chi connectivity index (χ1) is 7.24. The van der Waals surface area contributed by atoms with Gasteiger partial charge in [-0.3, -0.25) is 0 Å². The lowest BCUT2D eigenvalue weighted by Crippen LogP contribution is -2.06. The van der Waals surface area contributed by atoms with Crippen LogP contribution >= 0.6 is 0 Å². The Morgan fingerprint density at radius 3 is 2.73 bits per heavy atom. The Morgan fingerprint density at radius 1 is 1.27 bits per heavy atom. The highest BCUT2D eigenvalue weighted by Crippen LogP contribution is 2.22. The normalized spacial score (nSPS) is 12.2. The first-order valence-electron chi connectivity index (χ1n) is 4.46. The van der Waals surface area contributed by atoms with Crippen molar-refractivity contribution in [1.29, 1.82) is 5.26 Å². The van der Waals surface area contributed by atoms with E-state index in [1.807, 2.05) is 30.3 Å². The predicted octanol–water partition coefficient (Wildman–Crippen LogP) is 1.28. The molecule has 74 valence electrons. The van der Waals surface area contributed by atoms with Crippen LogP contribution in [0.4, 0.5) is 0 Å². The molecule has 1 aromatic heterocycles. The largest absolute Gasteiger partial charge is 0.396 e. The maximum absolute atomic E-state index is 8.65. The Labute approximate surface area is 86.8 Å². The van der Waals surface area contributed by atoms with Crippen molar-refractivity contribution >= 4 is 16.6 Å². The fourth-order valence-electron chi connectivity index (χ4n) is 1.50. The van der Waals surface area contributed by atoms with E-state index in [1.165, 1.54) is 0 Å². The molecule has 0 saturated heterocycles. The van der Waals surface area contributed by atoms with Gasteiger partial charge in [-0.1, -0.05) is 18.2 Å². The quantitative estimate of drug-likeness (QED) is 0.602. The number of nitrogens with two attached hydrogens (primary N) is 2. The van der Waals surface area contributed by atoms with Crippen molar-refractivity contribution in [1.82, 2.24) is 4.98 Å². The van der Waals surface area contributed by atoms with Crippen LogP contribution in [0.1, 0.15) is 5.56 Å². The molecule has 0 fully saturated rings. The van der Waals surface area contributed by atoms with E-state index in [2.05, 4.69) is 4.98 Å². The van der Waals surface area contributed by atoms with Crippen LogP contribution in [-0.4, -0.2) is 4.98 Å². The van der Waals surface area contributed by atoms with Crippen molar-refractivity contribution in [2.75, 3.05) is 0 Å². The van der Waals surface area contributed by atoms with Crippen LogP contribution in [0.2, 0.25) is 0 Å². The van der Waals surface area contributed by atoms with Gasteiger partial charge in [-0.15, -0.1) is 0 Å². The first kappa shape index (κ1) is 9.16. The Hall–Kier alpha value is -2.41. The van der Waals surface area contributed by atoms with Crippen molar-refractivity contribution in [3.8, 4) is 6.07 Å². The van der Waals surface area contributed by atoms with Crippen LogP contribution in [0.15, 0.2) is 36.2 Å². The molecule has 0 aliphatic carbocycles. The lowest BCUT2D eigenvalue weighted by molar-refractivity contribution is 1.35. The molecule has 0 radical (unpaired) electrons. The monoisotopic (exact) mass is 198 g/mol. The number of para-hydroxylation sites is 1. The van der Waals surface area contributed by atoms with Gasteiger partial charge in [0.15, 0.2) is 0 Å². The minimum absolute atomic E-state index is 0.0414. The van der Waals surface area contributed by atoms with Gasteiger partial charge >= 0.3 is 0 Å². The second-order valence-corrected chi connectivity index (χ2v) is 3.19. The zero-order chi connectivity index (χ0) is 10.8. The summed E-state index contributed by atoms with van der Waals surface area (Å²) in [5.41, 5.74) is 13.3. The van der Waals surface area contributed by atoms with Gasteiger partial charge in [0.25, 0.3) is 0 Å². The lowest BCUT2D eigenvalue weighted by Gasteiger charge is -1.99. The Morgan fingerprint density at radius 2 is 2.00 bits per heavy atom. The standard InChI is InChI=1S/C11H10N4/c12-5-9(13)11(14)8-6-15-10-4-2-1-3-7(8)10/h1-4,6,15H,13-14H2/b11-9-. The molecule has 4 nitrogen and oxygen atoms in total. The Balaban J connectivity index is 2.69. The van der Waals surface area contributed by atoms with Crippen LogP contribution in [0.3, 0.4) is 0 Å². The van der Waals surface area contributed by atoms with E-state index >= 15 is 0 Å². The molecule has 0 saturated carbocycles. The fraction of sp³-hybridized carbons (Fsp3) is 0. The zero-order valence-electron chi connectivity index (χ0n) is 7.99. The van der Waals surface area contributed by atoms with Gasteiger partial charge < -0.3 is 16.5 Å². The van der Waals surface area contributed by atoms with Crippen molar-refractivity contribution in [3.63, 3.8) is 0 Å². The number of rotatable bonds is 1. The Bertz CT molecular complexity index is 572. The molecule has 0 atom stereocenters. The van der Waals surface area contributed by atoms with E-state index in [9.17, 15) is 0 Å². The van der Waals surface area contributed by atoms with E-state index in [4.69, 9.17) is 16.7 Å². The van der Waals surface area contributed by atoms with E-state index in [1.54, 1.807) is 6.20 Å². The summed E-state index contributed by atoms with van der Waals surface area (Å²) >= 11 is 0. The molecule has 0 bridgehead atoms. The summed E-state index contributed by atoms with van der Waals surface area (Å²) in [5, 5.41) is 9.62. The molecule has 2 aromatic rings. The minimum atomic E-state index is 0.0414. The number of nitrogens with zero attached hydrogens (tertiary/aromatic N) is 1. The summed E-state index contributed by atoms with van der Waals surface area (Å²) < 4.78 is 0. The number of fused-ring (bicyclic) bond motifs is 1. The average molecular weight is 198 g/mol.